The van der Waals surface area contributed by atoms with Gasteiger partial charge in [0.25, 0.3) is 0 Å². The molecule has 0 radical (unpaired) electrons. The Morgan fingerprint density at radius 3 is 2.50 bits per heavy atom. The highest BCUT2D eigenvalue weighted by Crippen LogP contribution is 2.15. The molecule has 4 nitrogen and oxygen atoms in total. The molecule has 2 N–H and O–H groups in total. The molecule has 1 aromatic rings. The Morgan fingerprint density at radius 2 is 2.00 bits per heavy atom. The number of hydrogen-bond acceptors (Lipinski definition) is 3. The molecule has 1 atom stereocenters. The second-order valence-electron chi connectivity index (χ2n) is 4.84. The first kappa shape index (κ1) is 13.2. The van der Waals surface area contributed by atoms with Crippen LogP contribution >= 0.6 is 0 Å². The zero-order valence-electron chi connectivity index (χ0n) is 10.9. The second kappa shape index (κ2) is 5.99. The predicted molar refractivity (Wildman–Crippen MR) is 66.1 cm³/mol. The third-order valence-electron chi connectivity index (χ3n) is 2.94. The predicted octanol–water partition coefficient (Wildman–Crippen LogP) is 1.77. The van der Waals surface area contributed by atoms with E-state index in [-0.39, 0.29) is 0 Å². The minimum atomic E-state index is 0.522. The number of nitrogens with zero attached hydrogens (tertiary/aromatic N) is 3. The molecule has 16 heavy (non-hydrogen) atoms. The van der Waals surface area contributed by atoms with E-state index in [0.717, 1.165) is 37.6 Å². The van der Waals surface area contributed by atoms with Gasteiger partial charge in [-0.1, -0.05) is 13.8 Å². The quantitative estimate of drug-likeness (QED) is 0.801. The Morgan fingerprint density at radius 1 is 1.31 bits per heavy atom. The summed E-state index contributed by atoms with van der Waals surface area (Å²) in [6.45, 7) is 10.3. The Kier molecular flexibility index (Phi) is 4.93. The molecule has 0 aromatic carbocycles. The molecule has 0 unspecified atom stereocenters. The lowest BCUT2D eigenvalue weighted by molar-refractivity contribution is 0.402. The largest absolute Gasteiger partial charge is 0.330 e. The van der Waals surface area contributed by atoms with E-state index in [9.17, 15) is 0 Å². The van der Waals surface area contributed by atoms with Crippen molar-refractivity contribution in [3.05, 3.63) is 11.6 Å². The van der Waals surface area contributed by atoms with Gasteiger partial charge in [-0.05, 0) is 38.6 Å². The summed E-state index contributed by atoms with van der Waals surface area (Å²) >= 11 is 0. The highest BCUT2D eigenvalue weighted by Gasteiger charge is 2.15. The average Bonchev–Trinajstić information content (AvgIpc) is 2.57. The third-order valence-corrected chi connectivity index (χ3v) is 2.94. The molecular formula is C12H24N4. The van der Waals surface area contributed by atoms with Crippen molar-refractivity contribution in [2.45, 2.75) is 47.1 Å². The summed E-state index contributed by atoms with van der Waals surface area (Å²) in [7, 11) is 0. The molecule has 0 aliphatic heterocycles. The molecule has 0 fully saturated rings. The second-order valence-corrected chi connectivity index (χ2v) is 4.84. The first-order chi connectivity index (χ1) is 7.58. The van der Waals surface area contributed by atoms with Crippen molar-refractivity contribution in [1.29, 1.82) is 0 Å². The zero-order valence-corrected chi connectivity index (χ0v) is 10.9. The highest BCUT2D eigenvalue weighted by atomic mass is 15.3. The summed E-state index contributed by atoms with van der Waals surface area (Å²) in [6, 6.07) is 0. The zero-order chi connectivity index (χ0) is 12.1. The number of hydrogen-bond donors (Lipinski definition) is 1. The molecule has 4 heteroatoms. The molecule has 0 amide bonds. The summed E-state index contributed by atoms with van der Waals surface area (Å²) in [5, 5.41) is 8.37. The van der Waals surface area contributed by atoms with E-state index >= 15 is 0 Å². The Balaban J connectivity index is 2.69. The van der Waals surface area contributed by atoms with Crippen LogP contribution in [0.2, 0.25) is 0 Å². The first-order valence-corrected chi connectivity index (χ1v) is 6.17. The summed E-state index contributed by atoms with van der Waals surface area (Å²) in [5.74, 6) is 3.29. The van der Waals surface area contributed by atoms with Crippen LogP contribution in [-0.4, -0.2) is 21.3 Å². The number of aromatic nitrogens is 3. The van der Waals surface area contributed by atoms with Crippen molar-refractivity contribution < 1.29 is 0 Å². The van der Waals surface area contributed by atoms with E-state index in [0.29, 0.717) is 11.8 Å². The molecule has 0 aliphatic rings. The molecule has 92 valence electrons. The van der Waals surface area contributed by atoms with E-state index in [1.54, 1.807) is 0 Å². The van der Waals surface area contributed by atoms with E-state index in [1.165, 1.54) is 0 Å². The van der Waals surface area contributed by atoms with E-state index in [2.05, 4.69) is 35.5 Å². The summed E-state index contributed by atoms with van der Waals surface area (Å²) in [6.07, 6.45) is 2.11. The van der Waals surface area contributed by atoms with Gasteiger partial charge in [-0.15, -0.1) is 10.2 Å². The van der Waals surface area contributed by atoms with Gasteiger partial charge < -0.3 is 10.3 Å². The van der Waals surface area contributed by atoms with E-state index < -0.39 is 0 Å². The van der Waals surface area contributed by atoms with Gasteiger partial charge in [0, 0.05) is 13.0 Å². The molecule has 0 aliphatic carbocycles. The van der Waals surface area contributed by atoms with Crippen molar-refractivity contribution in [2.75, 3.05) is 6.54 Å². The fourth-order valence-corrected chi connectivity index (χ4v) is 2.17. The van der Waals surface area contributed by atoms with Gasteiger partial charge in [-0.2, -0.15) is 0 Å². The normalized spacial score (nSPS) is 13.4. The summed E-state index contributed by atoms with van der Waals surface area (Å²) < 4.78 is 2.17. The van der Waals surface area contributed by atoms with Crippen molar-refractivity contribution >= 4 is 0 Å². The van der Waals surface area contributed by atoms with Gasteiger partial charge in [0.05, 0.1) is 0 Å². The SMILES string of the molecule is CCn1c(C)nnc1C[C@@H](CN)CC(C)C. The topological polar surface area (TPSA) is 56.7 Å². The van der Waals surface area contributed by atoms with Gasteiger partial charge >= 0.3 is 0 Å². The molecule has 0 spiro atoms. The number of aryl methyl sites for hydroxylation is 1. The third kappa shape index (κ3) is 3.30. The Bertz CT molecular complexity index is 317. The fourth-order valence-electron chi connectivity index (χ4n) is 2.17. The minimum absolute atomic E-state index is 0.522. The minimum Gasteiger partial charge on any atom is -0.330 e. The monoisotopic (exact) mass is 224 g/mol. The number of nitrogens with two attached hydrogens (primary N) is 1. The molecule has 1 aromatic heterocycles. The van der Waals surface area contributed by atoms with Crippen LogP contribution in [0.15, 0.2) is 0 Å². The molecule has 0 bridgehead atoms. The molecule has 1 heterocycles. The molecule has 1 rings (SSSR count). The van der Waals surface area contributed by atoms with Crippen molar-refractivity contribution in [2.24, 2.45) is 17.6 Å². The van der Waals surface area contributed by atoms with Gasteiger partial charge in [0.1, 0.15) is 11.6 Å². The van der Waals surface area contributed by atoms with E-state index in [4.69, 9.17) is 5.73 Å². The maximum Gasteiger partial charge on any atom is 0.133 e. The Hall–Kier alpha value is -0.900. The van der Waals surface area contributed by atoms with Crippen LogP contribution in [-0.2, 0) is 13.0 Å². The average molecular weight is 224 g/mol. The molecular weight excluding hydrogens is 200 g/mol. The van der Waals surface area contributed by atoms with Crippen LogP contribution in [0.5, 0.6) is 0 Å². The summed E-state index contributed by atoms with van der Waals surface area (Å²) in [4.78, 5) is 0. The number of rotatable bonds is 6. The maximum absolute atomic E-state index is 5.81. The van der Waals surface area contributed by atoms with Gasteiger partial charge in [0.15, 0.2) is 0 Å². The lowest BCUT2D eigenvalue weighted by Gasteiger charge is -2.16. The van der Waals surface area contributed by atoms with Crippen LogP contribution < -0.4 is 5.73 Å². The lowest BCUT2D eigenvalue weighted by atomic mass is 9.94. The first-order valence-electron chi connectivity index (χ1n) is 6.17. The van der Waals surface area contributed by atoms with Crippen molar-refractivity contribution in [3.8, 4) is 0 Å². The van der Waals surface area contributed by atoms with Gasteiger partial charge in [0.2, 0.25) is 0 Å². The van der Waals surface area contributed by atoms with Crippen LogP contribution in [0.25, 0.3) is 0 Å². The van der Waals surface area contributed by atoms with Gasteiger partial charge in [-0.25, -0.2) is 0 Å². The van der Waals surface area contributed by atoms with E-state index in [1.807, 2.05) is 6.92 Å². The Labute approximate surface area is 98.2 Å². The highest BCUT2D eigenvalue weighted by molar-refractivity contribution is 4.95. The van der Waals surface area contributed by atoms with Crippen LogP contribution in [0.4, 0.5) is 0 Å². The van der Waals surface area contributed by atoms with Crippen molar-refractivity contribution in [1.82, 2.24) is 14.8 Å². The fraction of sp³-hybridized carbons (Fsp3) is 0.833. The van der Waals surface area contributed by atoms with Gasteiger partial charge in [-0.3, -0.25) is 0 Å². The van der Waals surface area contributed by atoms with Crippen LogP contribution in [0, 0.1) is 18.8 Å². The van der Waals surface area contributed by atoms with Crippen LogP contribution in [0.1, 0.15) is 38.8 Å². The smallest absolute Gasteiger partial charge is 0.133 e. The lowest BCUT2D eigenvalue weighted by Crippen LogP contribution is -2.21. The standard InChI is InChI=1S/C12H24N4/c1-5-16-10(4)14-15-12(16)7-11(8-13)6-9(2)3/h9,11H,5-8,13H2,1-4H3/t11-/m0/s1. The van der Waals surface area contributed by atoms with Crippen LogP contribution in [0.3, 0.4) is 0 Å². The molecule has 0 saturated heterocycles. The molecule has 0 saturated carbocycles. The maximum atomic E-state index is 5.81. The van der Waals surface area contributed by atoms with Crippen molar-refractivity contribution in [3.63, 3.8) is 0 Å². The summed E-state index contributed by atoms with van der Waals surface area (Å²) in [5.41, 5.74) is 5.81.